The fraction of sp³-hybridized carbons (Fsp3) is 0.579. The summed E-state index contributed by atoms with van der Waals surface area (Å²) in [5.41, 5.74) is 4.06. The van der Waals surface area contributed by atoms with Gasteiger partial charge in [0.05, 0.1) is 10.8 Å². The molecule has 0 spiro atoms. The van der Waals surface area contributed by atoms with Gasteiger partial charge in [0, 0.05) is 33.8 Å². The first-order valence-electron chi connectivity index (χ1n) is 8.82. The van der Waals surface area contributed by atoms with Gasteiger partial charge in [-0.25, -0.2) is 0 Å². The Hall–Kier alpha value is -1.13. The summed E-state index contributed by atoms with van der Waals surface area (Å²) in [6.07, 6.45) is 9.41. The monoisotopic (exact) mass is 330 g/mol. The number of nitrogens with zero attached hydrogens (tertiary/aromatic N) is 1. The molecule has 1 unspecified atom stereocenters. The molecular formula is C19H26N2OS. The van der Waals surface area contributed by atoms with Crippen LogP contribution in [0.3, 0.4) is 0 Å². The van der Waals surface area contributed by atoms with E-state index in [2.05, 4.69) is 23.0 Å². The predicted octanol–water partition coefficient (Wildman–Crippen LogP) is 3.81. The van der Waals surface area contributed by atoms with Crippen molar-refractivity contribution in [2.75, 3.05) is 19.8 Å². The molecule has 1 saturated heterocycles. The van der Waals surface area contributed by atoms with Crippen molar-refractivity contribution < 1.29 is 4.21 Å². The van der Waals surface area contributed by atoms with E-state index in [0.29, 0.717) is 12.0 Å². The molecule has 1 aromatic carbocycles. The van der Waals surface area contributed by atoms with Gasteiger partial charge in [0.25, 0.3) is 0 Å². The molecule has 2 atom stereocenters. The summed E-state index contributed by atoms with van der Waals surface area (Å²) < 4.78 is 12.3. The van der Waals surface area contributed by atoms with Gasteiger partial charge in [-0.2, -0.15) is 0 Å². The topological polar surface area (TPSA) is 36.1 Å². The SMILES string of the molecule is CN1CCC[C@@H]1Cc1c(C2CCC2)[nH]c2cccc(S(C)=O)c12. The largest absolute Gasteiger partial charge is 0.358 e. The van der Waals surface area contributed by atoms with Gasteiger partial charge in [-0.1, -0.05) is 12.5 Å². The van der Waals surface area contributed by atoms with Crippen LogP contribution in [0, 0.1) is 0 Å². The van der Waals surface area contributed by atoms with Crippen LogP contribution in [0.1, 0.15) is 49.3 Å². The van der Waals surface area contributed by atoms with Gasteiger partial charge in [-0.15, -0.1) is 0 Å². The van der Waals surface area contributed by atoms with Crippen LogP contribution in [0.25, 0.3) is 10.9 Å². The Morgan fingerprint density at radius 2 is 2.09 bits per heavy atom. The molecule has 1 aromatic heterocycles. The molecule has 1 saturated carbocycles. The smallest absolute Gasteiger partial charge is 0.0505 e. The molecule has 4 rings (SSSR count). The maximum Gasteiger partial charge on any atom is 0.0505 e. The van der Waals surface area contributed by atoms with Crippen LogP contribution in [0.2, 0.25) is 0 Å². The zero-order valence-corrected chi connectivity index (χ0v) is 14.9. The summed E-state index contributed by atoms with van der Waals surface area (Å²) in [7, 11) is 1.30. The number of fused-ring (bicyclic) bond motifs is 1. The number of benzene rings is 1. The van der Waals surface area contributed by atoms with Gasteiger partial charge in [-0.05, 0) is 69.3 Å². The Morgan fingerprint density at radius 1 is 1.26 bits per heavy atom. The lowest BCUT2D eigenvalue weighted by Gasteiger charge is -2.27. The van der Waals surface area contributed by atoms with Gasteiger partial charge in [0.15, 0.2) is 0 Å². The van der Waals surface area contributed by atoms with Crippen LogP contribution in [-0.4, -0.2) is 40.0 Å². The quantitative estimate of drug-likeness (QED) is 0.925. The molecule has 2 aliphatic rings. The van der Waals surface area contributed by atoms with Crippen molar-refractivity contribution in [2.24, 2.45) is 0 Å². The molecular weight excluding hydrogens is 304 g/mol. The molecule has 2 heterocycles. The zero-order chi connectivity index (χ0) is 16.0. The number of hydrogen-bond donors (Lipinski definition) is 1. The Kier molecular flexibility index (Phi) is 4.06. The molecule has 124 valence electrons. The van der Waals surface area contributed by atoms with Crippen molar-refractivity contribution in [2.45, 2.75) is 55.4 Å². The number of H-pyrrole nitrogens is 1. The van der Waals surface area contributed by atoms with Gasteiger partial charge in [-0.3, -0.25) is 4.21 Å². The van der Waals surface area contributed by atoms with Gasteiger partial charge in [0.1, 0.15) is 0 Å². The average molecular weight is 330 g/mol. The van der Waals surface area contributed by atoms with E-state index in [-0.39, 0.29) is 0 Å². The van der Waals surface area contributed by atoms with E-state index in [1.54, 1.807) is 6.26 Å². The Balaban J connectivity index is 1.84. The van der Waals surface area contributed by atoms with Crippen molar-refractivity contribution in [3.63, 3.8) is 0 Å². The molecule has 0 bridgehead atoms. The zero-order valence-electron chi connectivity index (χ0n) is 14.1. The Labute approximate surface area is 140 Å². The van der Waals surface area contributed by atoms with Crippen LogP contribution in [-0.2, 0) is 17.2 Å². The van der Waals surface area contributed by atoms with E-state index in [1.807, 2.05) is 12.1 Å². The van der Waals surface area contributed by atoms with E-state index in [0.717, 1.165) is 11.3 Å². The lowest BCUT2D eigenvalue weighted by molar-refractivity contribution is 0.308. The molecule has 0 radical (unpaired) electrons. The maximum absolute atomic E-state index is 12.3. The summed E-state index contributed by atoms with van der Waals surface area (Å²) in [6.45, 7) is 1.21. The predicted molar refractivity (Wildman–Crippen MR) is 96.6 cm³/mol. The molecule has 0 amide bonds. The summed E-state index contributed by atoms with van der Waals surface area (Å²) in [5, 5.41) is 1.25. The highest BCUT2D eigenvalue weighted by atomic mass is 32.2. The molecule has 1 N–H and O–H groups in total. The Morgan fingerprint density at radius 3 is 2.70 bits per heavy atom. The van der Waals surface area contributed by atoms with Crippen LogP contribution in [0.4, 0.5) is 0 Å². The number of likely N-dealkylation sites (tertiary alicyclic amines) is 1. The van der Waals surface area contributed by atoms with Crippen LogP contribution in [0.5, 0.6) is 0 Å². The number of rotatable bonds is 4. The van der Waals surface area contributed by atoms with Crippen molar-refractivity contribution >= 4 is 21.7 Å². The molecule has 2 aromatic rings. The van der Waals surface area contributed by atoms with Gasteiger partial charge >= 0.3 is 0 Å². The van der Waals surface area contributed by atoms with Crippen molar-refractivity contribution in [1.29, 1.82) is 0 Å². The molecule has 23 heavy (non-hydrogen) atoms. The summed E-state index contributed by atoms with van der Waals surface area (Å²) in [5.74, 6) is 0.683. The molecule has 3 nitrogen and oxygen atoms in total. The third-order valence-electron chi connectivity index (χ3n) is 5.86. The second kappa shape index (κ2) is 6.06. The van der Waals surface area contributed by atoms with Crippen LogP contribution in [0.15, 0.2) is 23.1 Å². The Bertz CT molecular complexity index is 747. The summed E-state index contributed by atoms with van der Waals surface area (Å²) in [4.78, 5) is 7.19. The highest BCUT2D eigenvalue weighted by molar-refractivity contribution is 7.84. The number of nitrogens with one attached hydrogen (secondary N) is 1. The van der Waals surface area contributed by atoms with E-state index in [1.165, 1.54) is 60.8 Å². The minimum atomic E-state index is -0.943. The lowest BCUT2D eigenvalue weighted by Crippen LogP contribution is -2.27. The fourth-order valence-corrected chi connectivity index (χ4v) is 5.06. The first kappa shape index (κ1) is 15.4. The molecule has 4 heteroatoms. The first-order valence-corrected chi connectivity index (χ1v) is 10.4. The van der Waals surface area contributed by atoms with E-state index >= 15 is 0 Å². The fourth-order valence-electron chi connectivity index (χ4n) is 4.27. The van der Waals surface area contributed by atoms with Gasteiger partial charge in [0.2, 0.25) is 0 Å². The molecule has 2 fully saturated rings. The lowest BCUT2D eigenvalue weighted by atomic mass is 9.80. The number of aromatic amines is 1. The second-order valence-electron chi connectivity index (χ2n) is 7.26. The number of likely N-dealkylation sites (N-methyl/N-ethyl adjacent to an activating group) is 1. The van der Waals surface area contributed by atoms with Gasteiger partial charge < -0.3 is 9.88 Å². The normalized spacial score (nSPS) is 24.2. The van der Waals surface area contributed by atoms with E-state index in [9.17, 15) is 4.21 Å². The maximum atomic E-state index is 12.3. The van der Waals surface area contributed by atoms with Crippen LogP contribution < -0.4 is 0 Å². The third kappa shape index (κ3) is 2.66. The summed E-state index contributed by atoms with van der Waals surface area (Å²) >= 11 is 0. The third-order valence-corrected chi connectivity index (χ3v) is 6.82. The summed E-state index contributed by atoms with van der Waals surface area (Å²) in [6, 6.07) is 6.85. The number of hydrogen-bond acceptors (Lipinski definition) is 2. The van der Waals surface area contributed by atoms with Crippen molar-refractivity contribution in [1.82, 2.24) is 9.88 Å². The van der Waals surface area contributed by atoms with E-state index < -0.39 is 10.8 Å². The highest BCUT2D eigenvalue weighted by Gasteiger charge is 2.30. The standard InChI is InChI=1S/C19H26N2OS/c1-21-11-5-8-14(21)12-15-18-16(9-4-10-17(18)23(2)22)20-19(15)13-6-3-7-13/h4,9-10,13-14,20H,3,5-8,11-12H2,1-2H3/t14-,23?/m1/s1. The molecule has 1 aliphatic carbocycles. The van der Waals surface area contributed by atoms with Crippen molar-refractivity contribution in [3.8, 4) is 0 Å². The molecule has 1 aliphatic heterocycles. The second-order valence-corrected chi connectivity index (χ2v) is 8.61. The minimum absolute atomic E-state index is 0.631. The minimum Gasteiger partial charge on any atom is -0.358 e. The highest BCUT2D eigenvalue weighted by Crippen LogP contribution is 2.42. The van der Waals surface area contributed by atoms with Crippen molar-refractivity contribution in [3.05, 3.63) is 29.5 Å². The average Bonchev–Trinajstić information content (AvgIpc) is 3.02. The van der Waals surface area contributed by atoms with E-state index in [4.69, 9.17) is 0 Å². The number of aromatic nitrogens is 1. The first-order chi connectivity index (χ1) is 11.1. The van der Waals surface area contributed by atoms with Crippen LogP contribution >= 0.6 is 0 Å².